The standard InChI is InChI=1S/C14H11NO2S2/c1-17-13(16)6-9-7-19-14(15-9)11-8-18-12-5-3-2-4-10(11)12/h2-5,7-8H,6H2,1H3. The molecule has 0 radical (unpaired) electrons. The Kier molecular flexibility index (Phi) is 3.31. The number of carbonyl (C=O) groups excluding carboxylic acids is 1. The van der Waals surface area contributed by atoms with Crippen LogP contribution in [0.5, 0.6) is 0 Å². The molecule has 3 aromatic rings. The third kappa shape index (κ3) is 2.39. The van der Waals surface area contributed by atoms with Crippen LogP contribution in [0.1, 0.15) is 5.69 Å². The summed E-state index contributed by atoms with van der Waals surface area (Å²) in [5.41, 5.74) is 1.91. The molecule has 0 amide bonds. The van der Waals surface area contributed by atoms with Crippen LogP contribution in [-0.2, 0) is 16.0 Å². The van der Waals surface area contributed by atoms with Gasteiger partial charge in [-0.2, -0.15) is 0 Å². The fourth-order valence-corrected chi connectivity index (χ4v) is 3.74. The van der Waals surface area contributed by atoms with E-state index in [1.165, 1.54) is 17.2 Å². The lowest BCUT2D eigenvalue weighted by atomic mass is 10.2. The second-order valence-corrected chi connectivity index (χ2v) is 5.81. The SMILES string of the molecule is COC(=O)Cc1csc(-c2csc3ccccc23)n1. The molecule has 0 aliphatic rings. The Balaban J connectivity index is 1.96. The highest BCUT2D eigenvalue weighted by atomic mass is 32.1. The number of carbonyl (C=O) groups is 1. The Morgan fingerprint density at radius 2 is 2.11 bits per heavy atom. The maximum Gasteiger partial charge on any atom is 0.311 e. The monoisotopic (exact) mass is 289 g/mol. The highest BCUT2D eigenvalue weighted by molar-refractivity contribution is 7.18. The number of aromatic nitrogens is 1. The van der Waals surface area contributed by atoms with Gasteiger partial charge in [0.1, 0.15) is 5.01 Å². The van der Waals surface area contributed by atoms with Gasteiger partial charge in [0.05, 0.1) is 19.2 Å². The molecule has 2 heterocycles. The first-order valence-electron chi connectivity index (χ1n) is 5.76. The highest BCUT2D eigenvalue weighted by Crippen LogP contribution is 2.35. The molecule has 0 bridgehead atoms. The van der Waals surface area contributed by atoms with Crippen LogP contribution in [0, 0.1) is 0 Å². The van der Waals surface area contributed by atoms with Crippen LogP contribution >= 0.6 is 22.7 Å². The van der Waals surface area contributed by atoms with Gasteiger partial charge in [0, 0.05) is 26.4 Å². The van der Waals surface area contributed by atoms with Gasteiger partial charge < -0.3 is 4.74 Å². The molecular formula is C14H11NO2S2. The zero-order valence-electron chi connectivity index (χ0n) is 10.3. The normalized spacial score (nSPS) is 10.8. The van der Waals surface area contributed by atoms with Crippen molar-refractivity contribution < 1.29 is 9.53 Å². The van der Waals surface area contributed by atoms with Crippen molar-refractivity contribution >= 4 is 38.7 Å². The minimum atomic E-state index is -0.257. The topological polar surface area (TPSA) is 39.2 Å². The van der Waals surface area contributed by atoms with Gasteiger partial charge in [0.25, 0.3) is 0 Å². The Hall–Kier alpha value is -1.72. The molecule has 0 fully saturated rings. The summed E-state index contributed by atoms with van der Waals surface area (Å²) in [5, 5.41) is 6.20. The van der Waals surface area contributed by atoms with E-state index in [0.717, 1.165) is 16.3 Å². The van der Waals surface area contributed by atoms with Crippen LogP contribution in [0.25, 0.3) is 20.7 Å². The molecule has 0 N–H and O–H groups in total. The van der Waals surface area contributed by atoms with Crippen molar-refractivity contribution in [2.75, 3.05) is 7.11 Å². The van der Waals surface area contributed by atoms with E-state index in [0.29, 0.717) is 0 Å². The summed E-state index contributed by atoms with van der Waals surface area (Å²) in [6.45, 7) is 0. The lowest BCUT2D eigenvalue weighted by Gasteiger charge is -1.95. The maximum absolute atomic E-state index is 11.2. The summed E-state index contributed by atoms with van der Waals surface area (Å²) >= 11 is 3.27. The van der Waals surface area contributed by atoms with Crippen LogP contribution in [0.4, 0.5) is 0 Å². The summed E-state index contributed by atoms with van der Waals surface area (Å²) in [6, 6.07) is 8.27. The van der Waals surface area contributed by atoms with Crippen molar-refractivity contribution in [2.24, 2.45) is 0 Å². The van der Waals surface area contributed by atoms with Crippen molar-refractivity contribution in [3.8, 4) is 10.6 Å². The fraction of sp³-hybridized carbons (Fsp3) is 0.143. The van der Waals surface area contributed by atoms with E-state index in [9.17, 15) is 4.79 Å². The van der Waals surface area contributed by atoms with Gasteiger partial charge in [-0.1, -0.05) is 18.2 Å². The molecule has 3 nitrogen and oxygen atoms in total. The molecule has 0 aliphatic carbocycles. The summed E-state index contributed by atoms with van der Waals surface area (Å²) in [4.78, 5) is 15.7. The third-order valence-electron chi connectivity index (χ3n) is 2.82. The van der Waals surface area contributed by atoms with E-state index in [2.05, 4.69) is 27.2 Å². The second kappa shape index (κ2) is 5.11. The molecule has 2 aromatic heterocycles. The number of rotatable bonds is 3. The average molecular weight is 289 g/mol. The van der Waals surface area contributed by atoms with E-state index in [4.69, 9.17) is 0 Å². The number of thiazole rings is 1. The van der Waals surface area contributed by atoms with Gasteiger partial charge in [-0.05, 0) is 6.07 Å². The fourth-order valence-electron chi connectivity index (χ4n) is 1.88. The number of fused-ring (bicyclic) bond motifs is 1. The van der Waals surface area contributed by atoms with Crippen molar-refractivity contribution in [3.05, 3.63) is 40.7 Å². The van der Waals surface area contributed by atoms with E-state index in [1.807, 2.05) is 17.5 Å². The molecule has 3 rings (SSSR count). The van der Waals surface area contributed by atoms with E-state index >= 15 is 0 Å². The lowest BCUT2D eigenvalue weighted by Crippen LogP contribution is -2.04. The minimum Gasteiger partial charge on any atom is -0.469 e. The molecule has 0 unspecified atom stereocenters. The predicted molar refractivity (Wildman–Crippen MR) is 78.7 cm³/mol. The summed E-state index contributed by atoms with van der Waals surface area (Å²) in [7, 11) is 1.39. The Bertz CT molecular complexity index is 730. The number of nitrogens with zero attached hydrogens (tertiary/aromatic N) is 1. The Morgan fingerprint density at radius 1 is 1.26 bits per heavy atom. The van der Waals surface area contributed by atoms with Crippen molar-refractivity contribution in [1.82, 2.24) is 4.98 Å². The molecular weight excluding hydrogens is 278 g/mol. The molecule has 0 spiro atoms. The van der Waals surface area contributed by atoms with Crippen LogP contribution in [0.2, 0.25) is 0 Å². The molecule has 0 saturated carbocycles. The number of hydrogen-bond donors (Lipinski definition) is 0. The number of ether oxygens (including phenoxy) is 1. The van der Waals surface area contributed by atoms with Crippen molar-refractivity contribution in [2.45, 2.75) is 6.42 Å². The van der Waals surface area contributed by atoms with Gasteiger partial charge in [0.2, 0.25) is 0 Å². The van der Waals surface area contributed by atoms with Gasteiger partial charge in [0.15, 0.2) is 0 Å². The first kappa shape index (κ1) is 12.3. The molecule has 19 heavy (non-hydrogen) atoms. The van der Waals surface area contributed by atoms with Crippen LogP contribution in [0.3, 0.4) is 0 Å². The Morgan fingerprint density at radius 3 is 2.95 bits per heavy atom. The largest absolute Gasteiger partial charge is 0.469 e. The predicted octanol–water partition coefficient (Wildman–Crippen LogP) is 3.74. The molecule has 96 valence electrons. The van der Waals surface area contributed by atoms with Crippen LogP contribution in [-0.4, -0.2) is 18.1 Å². The quantitative estimate of drug-likeness (QED) is 0.689. The zero-order chi connectivity index (χ0) is 13.2. The number of hydrogen-bond acceptors (Lipinski definition) is 5. The van der Waals surface area contributed by atoms with Gasteiger partial charge in [-0.25, -0.2) is 4.98 Å². The molecule has 0 atom stereocenters. The highest BCUT2D eigenvalue weighted by Gasteiger charge is 2.12. The summed E-state index contributed by atoms with van der Waals surface area (Å²) in [6.07, 6.45) is 0.231. The number of benzene rings is 1. The minimum absolute atomic E-state index is 0.231. The molecule has 5 heteroatoms. The van der Waals surface area contributed by atoms with Gasteiger partial charge in [-0.15, -0.1) is 22.7 Å². The molecule has 0 aliphatic heterocycles. The smallest absolute Gasteiger partial charge is 0.311 e. The molecule has 0 saturated heterocycles. The summed E-state index contributed by atoms with van der Waals surface area (Å²) < 4.78 is 5.90. The van der Waals surface area contributed by atoms with E-state index in [1.54, 1.807) is 22.7 Å². The number of thiophene rings is 1. The number of methoxy groups -OCH3 is 1. The van der Waals surface area contributed by atoms with Gasteiger partial charge in [-0.3, -0.25) is 4.79 Å². The van der Waals surface area contributed by atoms with Gasteiger partial charge >= 0.3 is 5.97 Å². The van der Waals surface area contributed by atoms with Crippen molar-refractivity contribution in [1.29, 1.82) is 0 Å². The van der Waals surface area contributed by atoms with Crippen LogP contribution < -0.4 is 0 Å². The second-order valence-electron chi connectivity index (χ2n) is 4.04. The lowest BCUT2D eigenvalue weighted by molar-refractivity contribution is -0.139. The zero-order valence-corrected chi connectivity index (χ0v) is 11.9. The van der Waals surface area contributed by atoms with E-state index in [-0.39, 0.29) is 12.4 Å². The third-order valence-corrected chi connectivity index (χ3v) is 4.70. The van der Waals surface area contributed by atoms with Crippen LogP contribution in [0.15, 0.2) is 35.0 Å². The summed E-state index contributed by atoms with van der Waals surface area (Å²) in [5.74, 6) is -0.257. The van der Waals surface area contributed by atoms with E-state index < -0.39 is 0 Å². The van der Waals surface area contributed by atoms with Crippen molar-refractivity contribution in [3.63, 3.8) is 0 Å². The molecule has 1 aromatic carbocycles. The maximum atomic E-state index is 11.2. The average Bonchev–Trinajstić information content (AvgIpc) is 3.04. The first-order chi connectivity index (χ1) is 9.28. The Labute approximate surface area is 118 Å². The number of esters is 1. The first-order valence-corrected chi connectivity index (χ1v) is 7.51.